The lowest BCUT2D eigenvalue weighted by atomic mass is 10.1. The van der Waals surface area contributed by atoms with Crippen LogP contribution in [0.3, 0.4) is 0 Å². The Hall–Kier alpha value is -1.55. The zero-order valence-corrected chi connectivity index (χ0v) is 9.58. The molecule has 0 spiro atoms. The fraction of sp³-hybridized carbons (Fsp3) is 0.167. The Kier molecular flexibility index (Phi) is 3.41. The minimum absolute atomic E-state index is 0.0696. The summed E-state index contributed by atoms with van der Waals surface area (Å²) in [5, 5.41) is 3.75. The number of hydrogen-bond donors (Lipinski definition) is 2. The fourth-order valence-electron chi connectivity index (χ4n) is 1.49. The Morgan fingerprint density at radius 1 is 1.38 bits per heavy atom. The monoisotopic (exact) mass is 232 g/mol. The van der Waals surface area contributed by atoms with E-state index in [2.05, 4.69) is 22.9 Å². The fourth-order valence-corrected chi connectivity index (χ4v) is 1.60. The molecule has 0 aliphatic carbocycles. The molecule has 1 aromatic carbocycles. The van der Waals surface area contributed by atoms with E-state index in [1.165, 1.54) is 0 Å². The first-order valence-corrected chi connectivity index (χ1v) is 5.68. The summed E-state index contributed by atoms with van der Waals surface area (Å²) >= 11 is 4.04. The van der Waals surface area contributed by atoms with Crippen LogP contribution < -0.4 is 5.32 Å². The average Bonchev–Trinajstić information content (AvgIpc) is 2.35. The number of rotatable bonds is 3. The first-order valence-electron chi connectivity index (χ1n) is 5.05. The van der Waals surface area contributed by atoms with E-state index in [0.717, 1.165) is 10.9 Å². The Morgan fingerprint density at radius 3 is 3.06 bits per heavy atom. The predicted molar refractivity (Wildman–Crippen MR) is 67.9 cm³/mol. The van der Waals surface area contributed by atoms with Crippen LogP contribution in [0.15, 0.2) is 36.5 Å². The highest BCUT2D eigenvalue weighted by molar-refractivity contribution is 7.80. The van der Waals surface area contributed by atoms with Crippen molar-refractivity contribution in [2.45, 2.75) is 0 Å². The van der Waals surface area contributed by atoms with Gasteiger partial charge >= 0.3 is 0 Å². The van der Waals surface area contributed by atoms with Gasteiger partial charge in [0.25, 0.3) is 5.91 Å². The van der Waals surface area contributed by atoms with E-state index >= 15 is 0 Å². The van der Waals surface area contributed by atoms with Gasteiger partial charge in [-0.25, -0.2) is 0 Å². The van der Waals surface area contributed by atoms with Crippen molar-refractivity contribution >= 4 is 29.4 Å². The van der Waals surface area contributed by atoms with Crippen molar-refractivity contribution in [3.8, 4) is 0 Å². The van der Waals surface area contributed by atoms with Gasteiger partial charge in [-0.05, 0) is 24.3 Å². The number of nitrogens with zero attached hydrogens (tertiary/aromatic N) is 1. The second-order valence-electron chi connectivity index (χ2n) is 3.39. The molecule has 1 aromatic heterocycles. The molecule has 1 N–H and O–H groups in total. The Labute approximate surface area is 99.3 Å². The number of hydrogen-bond acceptors (Lipinski definition) is 3. The van der Waals surface area contributed by atoms with Crippen molar-refractivity contribution in [1.29, 1.82) is 0 Å². The number of carbonyl (C=O) groups is 1. The molecule has 2 aromatic rings. The van der Waals surface area contributed by atoms with Gasteiger partial charge in [0.2, 0.25) is 0 Å². The summed E-state index contributed by atoms with van der Waals surface area (Å²) in [5.74, 6) is 0.570. The highest BCUT2D eigenvalue weighted by Gasteiger charge is 2.05. The van der Waals surface area contributed by atoms with Gasteiger partial charge in [-0.2, -0.15) is 12.6 Å². The topological polar surface area (TPSA) is 42.0 Å². The summed E-state index contributed by atoms with van der Waals surface area (Å²) in [6, 6.07) is 9.28. The summed E-state index contributed by atoms with van der Waals surface area (Å²) in [5.41, 5.74) is 1.55. The highest BCUT2D eigenvalue weighted by Crippen LogP contribution is 2.13. The van der Waals surface area contributed by atoms with Gasteiger partial charge in [0.05, 0.1) is 5.52 Å². The number of benzene rings is 1. The summed E-state index contributed by atoms with van der Waals surface area (Å²) < 4.78 is 0. The number of carbonyl (C=O) groups excluding carboxylic acids is 1. The molecule has 1 heterocycles. The van der Waals surface area contributed by atoms with Crippen molar-refractivity contribution in [2.24, 2.45) is 0 Å². The van der Waals surface area contributed by atoms with Crippen LogP contribution in [0.4, 0.5) is 0 Å². The van der Waals surface area contributed by atoms with Gasteiger partial charge in [-0.15, -0.1) is 0 Å². The number of thiol groups is 1. The molecule has 0 aliphatic heterocycles. The summed E-state index contributed by atoms with van der Waals surface area (Å²) in [6.45, 7) is 0.576. The van der Waals surface area contributed by atoms with Crippen LogP contribution in [0.5, 0.6) is 0 Å². The van der Waals surface area contributed by atoms with Gasteiger partial charge in [0.15, 0.2) is 0 Å². The Bertz CT molecular complexity index is 513. The Balaban J connectivity index is 2.28. The maximum Gasteiger partial charge on any atom is 0.251 e. The van der Waals surface area contributed by atoms with Gasteiger partial charge in [0.1, 0.15) is 0 Å². The molecule has 0 bridgehead atoms. The third-order valence-corrected chi connectivity index (χ3v) is 2.49. The van der Waals surface area contributed by atoms with Crippen LogP contribution in [0.25, 0.3) is 10.9 Å². The highest BCUT2D eigenvalue weighted by atomic mass is 32.1. The minimum Gasteiger partial charge on any atom is -0.351 e. The molecule has 4 heteroatoms. The molecule has 0 saturated heterocycles. The average molecular weight is 232 g/mol. The van der Waals surface area contributed by atoms with Crippen LogP contribution >= 0.6 is 12.6 Å². The van der Waals surface area contributed by atoms with Crippen molar-refractivity contribution in [3.05, 3.63) is 42.1 Å². The van der Waals surface area contributed by atoms with Gasteiger partial charge < -0.3 is 5.32 Å². The second-order valence-corrected chi connectivity index (χ2v) is 3.84. The van der Waals surface area contributed by atoms with E-state index in [4.69, 9.17) is 0 Å². The zero-order valence-electron chi connectivity index (χ0n) is 8.68. The molecule has 82 valence electrons. The van der Waals surface area contributed by atoms with Gasteiger partial charge in [-0.3, -0.25) is 9.78 Å². The number of fused-ring (bicyclic) bond motifs is 1. The largest absolute Gasteiger partial charge is 0.351 e. The summed E-state index contributed by atoms with van der Waals surface area (Å²) in [6.07, 6.45) is 1.74. The first kappa shape index (κ1) is 11.0. The van der Waals surface area contributed by atoms with Gasteiger partial charge in [0, 0.05) is 29.4 Å². The Morgan fingerprint density at radius 2 is 2.25 bits per heavy atom. The number of amides is 1. The molecule has 16 heavy (non-hydrogen) atoms. The van der Waals surface area contributed by atoms with Crippen molar-refractivity contribution in [2.75, 3.05) is 12.3 Å². The lowest BCUT2D eigenvalue weighted by molar-refractivity contribution is 0.0956. The summed E-state index contributed by atoms with van der Waals surface area (Å²) in [7, 11) is 0. The van der Waals surface area contributed by atoms with E-state index in [1.54, 1.807) is 12.3 Å². The van der Waals surface area contributed by atoms with E-state index in [1.807, 2.05) is 24.3 Å². The maximum atomic E-state index is 11.7. The van der Waals surface area contributed by atoms with Crippen LogP contribution in [-0.4, -0.2) is 23.2 Å². The normalized spacial score (nSPS) is 10.3. The van der Waals surface area contributed by atoms with E-state index in [0.29, 0.717) is 17.9 Å². The molecule has 3 nitrogen and oxygen atoms in total. The lowest BCUT2D eigenvalue weighted by Crippen LogP contribution is -2.25. The molecule has 0 atom stereocenters. The molecule has 2 rings (SSSR count). The van der Waals surface area contributed by atoms with Crippen LogP contribution in [0.1, 0.15) is 10.4 Å². The van der Waals surface area contributed by atoms with Crippen LogP contribution in [-0.2, 0) is 0 Å². The SMILES string of the molecule is O=C(NCCS)c1ccc2ncccc2c1. The number of aromatic nitrogens is 1. The standard InChI is InChI=1S/C12H12N2OS/c15-12(14-6-7-16)10-3-4-11-9(8-10)2-1-5-13-11/h1-5,8,16H,6-7H2,(H,14,15). The van der Waals surface area contributed by atoms with Gasteiger partial charge in [-0.1, -0.05) is 6.07 Å². The van der Waals surface area contributed by atoms with Crippen molar-refractivity contribution in [1.82, 2.24) is 10.3 Å². The smallest absolute Gasteiger partial charge is 0.251 e. The molecular formula is C12H12N2OS. The number of nitrogens with one attached hydrogen (secondary N) is 1. The molecule has 0 radical (unpaired) electrons. The predicted octanol–water partition coefficient (Wildman–Crippen LogP) is 1.89. The molecule has 0 unspecified atom stereocenters. The lowest BCUT2D eigenvalue weighted by Gasteiger charge is -2.04. The molecule has 0 aliphatic rings. The van der Waals surface area contributed by atoms with Crippen molar-refractivity contribution in [3.63, 3.8) is 0 Å². The van der Waals surface area contributed by atoms with E-state index in [9.17, 15) is 4.79 Å². The van der Waals surface area contributed by atoms with Crippen LogP contribution in [0.2, 0.25) is 0 Å². The minimum atomic E-state index is -0.0696. The summed E-state index contributed by atoms with van der Waals surface area (Å²) in [4.78, 5) is 15.9. The van der Waals surface area contributed by atoms with Crippen molar-refractivity contribution < 1.29 is 4.79 Å². The van der Waals surface area contributed by atoms with E-state index < -0.39 is 0 Å². The number of pyridine rings is 1. The quantitative estimate of drug-likeness (QED) is 0.794. The maximum absolute atomic E-state index is 11.7. The third kappa shape index (κ3) is 2.33. The molecule has 0 fully saturated rings. The molecular weight excluding hydrogens is 220 g/mol. The zero-order chi connectivity index (χ0) is 11.4. The molecule has 1 amide bonds. The van der Waals surface area contributed by atoms with E-state index in [-0.39, 0.29) is 5.91 Å². The molecule has 0 saturated carbocycles. The third-order valence-electron chi connectivity index (χ3n) is 2.26. The second kappa shape index (κ2) is 4.99. The first-order chi connectivity index (χ1) is 7.81. The van der Waals surface area contributed by atoms with Crippen LogP contribution in [0, 0.1) is 0 Å².